The molecule has 0 aromatic heterocycles. The summed E-state index contributed by atoms with van der Waals surface area (Å²) in [6, 6.07) is 0. The van der Waals surface area contributed by atoms with E-state index in [9.17, 15) is 8.78 Å². The summed E-state index contributed by atoms with van der Waals surface area (Å²) in [5.41, 5.74) is -0.0263. The minimum absolute atomic E-state index is 0.0132. The molecule has 0 saturated carbocycles. The molecule has 0 aromatic carbocycles. The lowest BCUT2D eigenvalue weighted by atomic mass is 10.1. The van der Waals surface area contributed by atoms with Gasteiger partial charge in [-0.2, -0.15) is 0 Å². The third-order valence-corrected chi connectivity index (χ3v) is 2.89. The first kappa shape index (κ1) is 9.73. The second-order valence-corrected chi connectivity index (χ2v) is 3.67. The SMILES string of the molecule is [NH2+]=C1C(=[NH2+])C(Br)=C(F)C(F)=C1Br. The fourth-order valence-corrected chi connectivity index (χ4v) is 1.44. The van der Waals surface area contributed by atoms with Crippen molar-refractivity contribution in [3.05, 3.63) is 20.6 Å². The quantitative estimate of drug-likeness (QED) is 0.570. The lowest BCUT2D eigenvalue weighted by Gasteiger charge is -2.04. The molecule has 64 valence electrons. The molecule has 0 spiro atoms. The lowest BCUT2D eigenvalue weighted by molar-refractivity contribution is -0.131. The van der Waals surface area contributed by atoms with Crippen LogP contribution in [0.25, 0.3) is 0 Å². The van der Waals surface area contributed by atoms with E-state index in [0.717, 1.165) is 0 Å². The zero-order valence-corrected chi connectivity index (χ0v) is 8.84. The van der Waals surface area contributed by atoms with E-state index in [2.05, 4.69) is 31.9 Å². The van der Waals surface area contributed by atoms with E-state index in [1.165, 1.54) is 0 Å². The molecule has 0 aromatic rings. The highest BCUT2D eigenvalue weighted by molar-refractivity contribution is 9.12. The zero-order chi connectivity index (χ0) is 9.46. The summed E-state index contributed by atoms with van der Waals surface area (Å²) in [6.45, 7) is 0. The van der Waals surface area contributed by atoms with Crippen LogP contribution in [-0.2, 0) is 0 Å². The smallest absolute Gasteiger partial charge is 0.248 e. The third-order valence-electron chi connectivity index (χ3n) is 1.34. The maximum Gasteiger partial charge on any atom is 0.287 e. The molecule has 2 nitrogen and oxygen atoms in total. The number of hydrogen-bond acceptors (Lipinski definition) is 0. The zero-order valence-electron chi connectivity index (χ0n) is 5.67. The highest BCUT2D eigenvalue weighted by Gasteiger charge is 2.35. The molecular weight excluding hydrogens is 298 g/mol. The van der Waals surface area contributed by atoms with Crippen molar-refractivity contribution in [3.8, 4) is 0 Å². The fourth-order valence-electron chi connectivity index (χ4n) is 0.666. The molecule has 6 heteroatoms. The van der Waals surface area contributed by atoms with E-state index in [4.69, 9.17) is 10.8 Å². The predicted octanol–water partition coefficient (Wildman–Crippen LogP) is -0.448. The first-order valence-electron chi connectivity index (χ1n) is 2.83. The van der Waals surface area contributed by atoms with Crippen LogP contribution >= 0.6 is 31.9 Å². The van der Waals surface area contributed by atoms with Gasteiger partial charge in [-0.3, -0.25) is 0 Å². The third kappa shape index (κ3) is 1.29. The average molecular weight is 302 g/mol. The van der Waals surface area contributed by atoms with Crippen LogP contribution in [0, 0.1) is 0 Å². The van der Waals surface area contributed by atoms with Crippen molar-refractivity contribution in [2.75, 3.05) is 0 Å². The topological polar surface area (TPSA) is 51.2 Å². The molecular formula is C6H4Br2F2N2+2. The van der Waals surface area contributed by atoms with E-state index in [-0.39, 0.29) is 20.4 Å². The van der Waals surface area contributed by atoms with E-state index in [0.29, 0.717) is 0 Å². The molecule has 0 heterocycles. The summed E-state index contributed by atoms with van der Waals surface area (Å²) in [4.78, 5) is 0. The van der Waals surface area contributed by atoms with Crippen LogP contribution in [0.3, 0.4) is 0 Å². The van der Waals surface area contributed by atoms with Crippen LogP contribution in [0.4, 0.5) is 8.78 Å². The fraction of sp³-hybridized carbons (Fsp3) is 0. The Bertz CT molecular complexity index is 294. The maximum atomic E-state index is 12.8. The molecule has 0 unspecified atom stereocenters. The van der Waals surface area contributed by atoms with Crippen LogP contribution in [0.5, 0.6) is 0 Å². The Labute approximate surface area is 83.6 Å². The van der Waals surface area contributed by atoms with Crippen molar-refractivity contribution in [1.82, 2.24) is 0 Å². The van der Waals surface area contributed by atoms with Crippen molar-refractivity contribution in [3.63, 3.8) is 0 Å². The number of hydrogen-bond donors (Lipinski definition) is 2. The van der Waals surface area contributed by atoms with Gasteiger partial charge in [0, 0.05) is 0 Å². The summed E-state index contributed by atoms with van der Waals surface area (Å²) in [5, 5.41) is 10.7. The second-order valence-electron chi connectivity index (χ2n) is 2.08. The van der Waals surface area contributed by atoms with Gasteiger partial charge in [-0.1, -0.05) is 0 Å². The summed E-state index contributed by atoms with van der Waals surface area (Å²) in [5.74, 6) is -2.10. The minimum Gasteiger partial charge on any atom is -0.248 e. The van der Waals surface area contributed by atoms with E-state index in [1.807, 2.05) is 0 Å². The highest BCUT2D eigenvalue weighted by Crippen LogP contribution is 2.32. The molecule has 0 radical (unpaired) electrons. The predicted molar refractivity (Wildman–Crippen MR) is 48.0 cm³/mol. The monoisotopic (exact) mass is 300 g/mol. The largest absolute Gasteiger partial charge is 0.287 e. The van der Waals surface area contributed by atoms with Crippen LogP contribution in [0.1, 0.15) is 0 Å². The summed E-state index contributed by atoms with van der Waals surface area (Å²) >= 11 is 5.55. The van der Waals surface area contributed by atoms with Gasteiger partial charge in [-0.25, -0.2) is 19.6 Å². The van der Waals surface area contributed by atoms with Crippen molar-refractivity contribution in [2.45, 2.75) is 0 Å². The Kier molecular flexibility index (Phi) is 2.58. The number of nitrogens with two attached hydrogens (primary N) is 2. The van der Waals surface area contributed by atoms with Gasteiger partial charge in [0.05, 0.1) is 0 Å². The molecule has 1 aliphatic rings. The van der Waals surface area contributed by atoms with Crippen LogP contribution in [-0.4, -0.2) is 11.4 Å². The molecule has 0 saturated heterocycles. The molecule has 12 heavy (non-hydrogen) atoms. The van der Waals surface area contributed by atoms with E-state index < -0.39 is 11.7 Å². The average Bonchev–Trinajstić information content (AvgIpc) is 2.08. The molecule has 1 aliphatic carbocycles. The summed E-state index contributed by atoms with van der Waals surface area (Å²) in [7, 11) is 0. The van der Waals surface area contributed by atoms with Gasteiger partial charge in [0.1, 0.15) is 8.96 Å². The van der Waals surface area contributed by atoms with Gasteiger partial charge in [0.25, 0.3) is 11.4 Å². The molecule has 0 aliphatic heterocycles. The molecule has 0 bridgehead atoms. The Balaban J connectivity index is 3.37. The Morgan fingerprint density at radius 2 is 1.08 bits per heavy atom. The van der Waals surface area contributed by atoms with Crippen molar-refractivity contribution in [1.29, 1.82) is 0 Å². The van der Waals surface area contributed by atoms with Crippen molar-refractivity contribution in [2.24, 2.45) is 0 Å². The number of allylic oxidation sites excluding steroid dienone is 4. The van der Waals surface area contributed by atoms with Crippen LogP contribution < -0.4 is 10.8 Å². The summed E-state index contributed by atoms with van der Waals surface area (Å²) in [6.07, 6.45) is 0. The lowest BCUT2D eigenvalue weighted by Crippen LogP contribution is -2.57. The van der Waals surface area contributed by atoms with Crippen LogP contribution in [0.2, 0.25) is 0 Å². The second kappa shape index (κ2) is 3.18. The van der Waals surface area contributed by atoms with Gasteiger partial charge < -0.3 is 0 Å². The molecule has 0 amide bonds. The minimum atomic E-state index is -1.05. The standard InChI is InChI=1S/C6H2Br2F2N2/c7-1-3(9)4(10)2(8)6(12)5(1)11/h11-12H/p+2. The first-order valence-corrected chi connectivity index (χ1v) is 4.42. The van der Waals surface area contributed by atoms with Gasteiger partial charge in [0.15, 0.2) is 11.7 Å². The van der Waals surface area contributed by atoms with Gasteiger partial charge in [-0.05, 0) is 31.9 Å². The first-order chi connectivity index (χ1) is 5.46. The molecule has 1 rings (SSSR count). The molecule has 0 atom stereocenters. The molecule has 0 fully saturated rings. The highest BCUT2D eigenvalue weighted by atomic mass is 79.9. The Morgan fingerprint density at radius 3 is 1.33 bits per heavy atom. The van der Waals surface area contributed by atoms with Crippen molar-refractivity contribution < 1.29 is 19.6 Å². The maximum absolute atomic E-state index is 12.8. The van der Waals surface area contributed by atoms with E-state index >= 15 is 0 Å². The van der Waals surface area contributed by atoms with Crippen LogP contribution in [0.15, 0.2) is 20.6 Å². The van der Waals surface area contributed by atoms with Gasteiger partial charge >= 0.3 is 0 Å². The molecule has 4 N–H and O–H groups in total. The van der Waals surface area contributed by atoms with Gasteiger partial charge in [0.2, 0.25) is 0 Å². The number of halogens is 4. The Hall–Kier alpha value is -0.360. The summed E-state index contributed by atoms with van der Waals surface area (Å²) < 4.78 is 25.4. The normalized spacial score (nSPS) is 19.3. The van der Waals surface area contributed by atoms with E-state index in [1.54, 1.807) is 0 Å². The number of rotatable bonds is 0. The van der Waals surface area contributed by atoms with Crippen molar-refractivity contribution >= 4 is 43.3 Å². The Morgan fingerprint density at radius 1 is 0.833 bits per heavy atom. The van der Waals surface area contributed by atoms with Gasteiger partial charge in [-0.15, -0.1) is 0 Å².